The number of anilines is 2. The number of carboxylic acid groups (broad SMARTS) is 1. The quantitative estimate of drug-likeness (QED) is 0.495. The summed E-state index contributed by atoms with van der Waals surface area (Å²) in [6, 6.07) is 15.0. The maximum Gasteiger partial charge on any atom is 0.335 e. The predicted octanol–water partition coefficient (Wildman–Crippen LogP) is 3.35. The van der Waals surface area contributed by atoms with E-state index in [9.17, 15) is 24.3 Å². The summed E-state index contributed by atoms with van der Waals surface area (Å²) in [6.07, 6.45) is 0. The van der Waals surface area contributed by atoms with Gasteiger partial charge in [0.25, 0.3) is 11.8 Å². The van der Waals surface area contributed by atoms with Crippen molar-refractivity contribution in [3.05, 3.63) is 65.7 Å². The van der Waals surface area contributed by atoms with Crippen LogP contribution < -0.4 is 20.7 Å². The summed E-state index contributed by atoms with van der Waals surface area (Å²) in [5, 5.41) is 12.2. The lowest BCUT2D eigenvalue weighted by Gasteiger charge is -2.38. The monoisotopic (exact) mass is 479 g/mol. The van der Waals surface area contributed by atoms with Crippen molar-refractivity contribution in [2.75, 3.05) is 16.8 Å². The fraction of sp³-hybridized carbons (Fsp3) is 0.167. The van der Waals surface area contributed by atoms with Crippen LogP contribution in [0.3, 0.4) is 0 Å². The van der Waals surface area contributed by atoms with Crippen molar-refractivity contribution in [3.8, 4) is 16.2 Å². The fourth-order valence-corrected chi connectivity index (χ4v) is 4.67. The lowest BCUT2D eigenvalue weighted by Crippen LogP contribution is -2.54. The van der Waals surface area contributed by atoms with Crippen molar-refractivity contribution in [1.82, 2.24) is 0 Å². The Labute approximate surface area is 198 Å². The molecule has 4 N–H and O–H groups in total. The van der Waals surface area contributed by atoms with Crippen molar-refractivity contribution in [2.24, 2.45) is 5.73 Å². The highest BCUT2D eigenvalue weighted by Crippen LogP contribution is 2.39. The summed E-state index contributed by atoms with van der Waals surface area (Å²) in [5.74, 6) is -2.68. The predicted molar refractivity (Wildman–Crippen MR) is 127 cm³/mol. The van der Waals surface area contributed by atoms with Gasteiger partial charge in [-0.2, -0.15) is 0 Å². The highest BCUT2D eigenvalue weighted by molar-refractivity contribution is 7.20. The first-order valence-corrected chi connectivity index (χ1v) is 11.1. The molecule has 34 heavy (non-hydrogen) atoms. The number of nitrogens with two attached hydrogens (primary N) is 1. The second-order valence-electron chi connectivity index (χ2n) is 8.12. The molecule has 10 heteroatoms. The number of carboxylic acids is 1. The Hall–Kier alpha value is -4.18. The smallest absolute Gasteiger partial charge is 0.335 e. The third-order valence-corrected chi connectivity index (χ3v) is 6.33. The minimum atomic E-state index is -1.31. The number of primary amides is 1. The molecule has 2 heterocycles. The molecule has 0 spiro atoms. The van der Waals surface area contributed by atoms with Gasteiger partial charge < -0.3 is 20.9 Å². The molecule has 2 aromatic carbocycles. The summed E-state index contributed by atoms with van der Waals surface area (Å²) in [5.41, 5.74) is 5.49. The van der Waals surface area contributed by atoms with E-state index in [1.54, 1.807) is 6.07 Å². The second kappa shape index (κ2) is 8.64. The van der Waals surface area contributed by atoms with Gasteiger partial charge in [-0.1, -0.05) is 30.3 Å². The zero-order valence-electron chi connectivity index (χ0n) is 18.3. The molecular formula is C24H21N3O6S. The number of carbonyl (C=O) groups excluding carboxylic acids is 3. The molecule has 1 aromatic heterocycles. The van der Waals surface area contributed by atoms with Gasteiger partial charge in [0.05, 0.1) is 16.8 Å². The Balaban J connectivity index is 1.62. The van der Waals surface area contributed by atoms with E-state index in [0.29, 0.717) is 0 Å². The minimum absolute atomic E-state index is 0.00794. The number of benzene rings is 2. The first-order valence-electron chi connectivity index (χ1n) is 10.2. The molecule has 3 amide bonds. The van der Waals surface area contributed by atoms with Crippen LogP contribution in [0.4, 0.5) is 10.7 Å². The van der Waals surface area contributed by atoms with Gasteiger partial charge in [0, 0.05) is 4.88 Å². The van der Waals surface area contributed by atoms with Crippen molar-refractivity contribution in [3.63, 3.8) is 0 Å². The second-order valence-corrected chi connectivity index (χ2v) is 9.18. The molecule has 9 nitrogen and oxygen atoms in total. The number of nitrogens with one attached hydrogen (secondary N) is 1. The van der Waals surface area contributed by atoms with E-state index in [0.717, 1.165) is 10.4 Å². The van der Waals surface area contributed by atoms with E-state index in [4.69, 9.17) is 10.5 Å². The van der Waals surface area contributed by atoms with Crippen LogP contribution in [0.25, 0.3) is 10.4 Å². The number of carbonyl (C=O) groups is 4. The van der Waals surface area contributed by atoms with Crippen LogP contribution in [0.1, 0.15) is 34.6 Å². The number of amides is 3. The zero-order chi connectivity index (χ0) is 24.6. The molecule has 3 aromatic rings. The van der Waals surface area contributed by atoms with Crippen molar-refractivity contribution < 1.29 is 29.0 Å². The number of hydrogen-bond donors (Lipinski definition) is 3. The third-order valence-electron chi connectivity index (χ3n) is 5.23. The third kappa shape index (κ3) is 4.35. The molecule has 0 bridgehead atoms. The molecule has 1 aliphatic rings. The lowest BCUT2D eigenvalue weighted by atomic mass is 10.0. The normalized spacial score (nSPS) is 14.2. The maximum atomic E-state index is 13.0. The Kier molecular flexibility index (Phi) is 5.84. The van der Waals surface area contributed by atoms with Gasteiger partial charge in [0.15, 0.2) is 5.60 Å². The highest BCUT2D eigenvalue weighted by atomic mass is 32.1. The van der Waals surface area contributed by atoms with E-state index < -0.39 is 29.3 Å². The number of nitrogens with zero attached hydrogens (tertiary/aromatic N) is 1. The average Bonchev–Trinajstić information content (AvgIpc) is 3.21. The van der Waals surface area contributed by atoms with Gasteiger partial charge >= 0.3 is 5.97 Å². The van der Waals surface area contributed by atoms with Crippen LogP contribution in [0.5, 0.6) is 5.75 Å². The average molecular weight is 480 g/mol. The van der Waals surface area contributed by atoms with Gasteiger partial charge in [-0.05, 0) is 43.7 Å². The summed E-state index contributed by atoms with van der Waals surface area (Å²) >= 11 is 1.20. The van der Waals surface area contributed by atoms with Crippen molar-refractivity contribution in [1.29, 1.82) is 0 Å². The molecule has 0 radical (unpaired) electrons. The molecule has 0 unspecified atom stereocenters. The first kappa shape index (κ1) is 23.0. The van der Waals surface area contributed by atoms with Crippen LogP contribution in [-0.2, 0) is 9.59 Å². The summed E-state index contributed by atoms with van der Waals surface area (Å²) in [7, 11) is 0. The van der Waals surface area contributed by atoms with Crippen LogP contribution in [0.15, 0.2) is 54.6 Å². The summed E-state index contributed by atoms with van der Waals surface area (Å²) in [4.78, 5) is 51.3. The van der Waals surface area contributed by atoms with Crippen LogP contribution in [0, 0.1) is 0 Å². The van der Waals surface area contributed by atoms with Crippen LogP contribution in [0.2, 0.25) is 0 Å². The molecule has 4 rings (SSSR count). The van der Waals surface area contributed by atoms with Crippen molar-refractivity contribution >= 4 is 45.7 Å². The van der Waals surface area contributed by atoms with Gasteiger partial charge in [0.2, 0.25) is 5.91 Å². The zero-order valence-corrected chi connectivity index (χ0v) is 19.1. The maximum absolute atomic E-state index is 13.0. The van der Waals surface area contributed by atoms with E-state index in [1.807, 2.05) is 30.3 Å². The molecule has 174 valence electrons. The number of fused-ring (bicyclic) bond motifs is 1. The summed E-state index contributed by atoms with van der Waals surface area (Å²) in [6.45, 7) is 2.70. The minimum Gasteiger partial charge on any atom is -0.478 e. The largest absolute Gasteiger partial charge is 0.478 e. The SMILES string of the molecule is CC1(C)Oc2cc(C(=O)O)ccc2N(CC(=O)Nc2sc(-c3ccccc3)cc2C(N)=O)C1=O. The molecule has 0 atom stereocenters. The van der Waals surface area contributed by atoms with Gasteiger partial charge in [0.1, 0.15) is 17.3 Å². The van der Waals surface area contributed by atoms with Gasteiger partial charge in [-0.15, -0.1) is 11.3 Å². The topological polar surface area (TPSA) is 139 Å². The number of ether oxygens (including phenoxy) is 1. The molecule has 0 fully saturated rings. The van der Waals surface area contributed by atoms with Gasteiger partial charge in [-0.25, -0.2) is 4.79 Å². The number of rotatable bonds is 6. The Morgan fingerprint density at radius 2 is 1.82 bits per heavy atom. The van der Waals surface area contributed by atoms with Crippen molar-refractivity contribution in [2.45, 2.75) is 19.4 Å². The number of thiophene rings is 1. The van der Waals surface area contributed by atoms with Crippen LogP contribution >= 0.6 is 11.3 Å². The van der Waals surface area contributed by atoms with Crippen LogP contribution in [-0.4, -0.2) is 40.9 Å². The van der Waals surface area contributed by atoms with Gasteiger partial charge in [-0.3, -0.25) is 19.3 Å². The lowest BCUT2D eigenvalue weighted by molar-refractivity contribution is -0.133. The Morgan fingerprint density at radius 3 is 2.47 bits per heavy atom. The van der Waals surface area contributed by atoms with E-state index >= 15 is 0 Å². The molecular weight excluding hydrogens is 458 g/mol. The molecule has 0 aliphatic carbocycles. The first-order chi connectivity index (χ1) is 16.1. The van der Waals surface area contributed by atoms with E-state index in [2.05, 4.69) is 5.32 Å². The Morgan fingerprint density at radius 1 is 1.12 bits per heavy atom. The summed E-state index contributed by atoms with van der Waals surface area (Å²) < 4.78 is 5.71. The fourth-order valence-electron chi connectivity index (χ4n) is 3.58. The van der Waals surface area contributed by atoms with E-state index in [1.165, 1.54) is 48.3 Å². The molecule has 0 saturated carbocycles. The highest BCUT2D eigenvalue weighted by Gasteiger charge is 2.42. The standard InChI is InChI=1S/C24H21N3O6S/c1-24(2)23(32)27(16-9-8-14(22(30)31)10-17(16)33-24)12-19(28)26-21-15(20(25)29)11-18(34-21)13-6-4-3-5-7-13/h3-11H,12H2,1-2H3,(H2,25,29)(H,26,28)(H,30,31). The number of aromatic carboxylic acids is 1. The molecule has 1 aliphatic heterocycles. The Bertz CT molecular complexity index is 1320. The number of hydrogen-bond acceptors (Lipinski definition) is 6. The van der Waals surface area contributed by atoms with E-state index in [-0.39, 0.29) is 34.1 Å². The molecule has 0 saturated heterocycles.